The molecule has 0 spiro atoms. The first-order valence-electron chi connectivity index (χ1n) is 5.74. The van der Waals surface area contributed by atoms with Crippen LogP contribution in [-0.4, -0.2) is 5.78 Å². The van der Waals surface area contributed by atoms with Gasteiger partial charge in [0.15, 0.2) is 5.78 Å². The quantitative estimate of drug-likeness (QED) is 0.781. The van der Waals surface area contributed by atoms with E-state index in [-0.39, 0.29) is 11.3 Å². The van der Waals surface area contributed by atoms with Gasteiger partial charge >= 0.3 is 0 Å². The monoisotopic (exact) mass is 322 g/mol. The van der Waals surface area contributed by atoms with Gasteiger partial charge in [-0.2, -0.15) is 0 Å². The minimum absolute atomic E-state index is 0.0785. The Kier molecular flexibility index (Phi) is 4.32. The highest BCUT2D eigenvalue weighted by atomic mass is 79.9. The average molecular weight is 323 g/mol. The molecular weight excluding hydrogens is 311 g/mol. The molecule has 0 saturated heterocycles. The number of hydrogen-bond donors (Lipinski definition) is 0. The molecule has 0 saturated carbocycles. The Morgan fingerprint density at radius 3 is 2.68 bits per heavy atom. The Morgan fingerprint density at radius 2 is 2.05 bits per heavy atom. The topological polar surface area (TPSA) is 26.3 Å². The minimum Gasteiger partial charge on any atom is -0.489 e. The maximum absolute atomic E-state index is 13.6. The van der Waals surface area contributed by atoms with Crippen LogP contribution in [0.2, 0.25) is 0 Å². The van der Waals surface area contributed by atoms with Crippen LogP contribution >= 0.6 is 15.9 Å². The highest BCUT2D eigenvalue weighted by Crippen LogP contribution is 2.19. The zero-order valence-electron chi connectivity index (χ0n) is 10.3. The molecule has 0 bridgehead atoms. The maximum atomic E-state index is 13.6. The number of carbonyl (C=O) groups excluding carboxylic acids is 1. The second kappa shape index (κ2) is 5.97. The van der Waals surface area contributed by atoms with Gasteiger partial charge in [-0.05, 0) is 36.8 Å². The lowest BCUT2D eigenvalue weighted by Gasteiger charge is -2.08. The largest absolute Gasteiger partial charge is 0.489 e. The van der Waals surface area contributed by atoms with E-state index in [0.717, 1.165) is 10.0 Å². The molecule has 0 heterocycles. The number of Topliss-reactive ketones (excluding diaryl/α,β-unsaturated/α-hetero) is 1. The molecule has 2 nitrogen and oxygen atoms in total. The molecule has 4 heteroatoms. The Morgan fingerprint density at radius 1 is 1.26 bits per heavy atom. The molecule has 0 radical (unpaired) electrons. The normalized spacial score (nSPS) is 10.3. The average Bonchev–Trinajstić information content (AvgIpc) is 2.36. The lowest BCUT2D eigenvalue weighted by atomic mass is 10.1. The molecule has 0 unspecified atom stereocenters. The molecule has 0 fully saturated rings. The predicted molar refractivity (Wildman–Crippen MR) is 74.9 cm³/mol. The van der Waals surface area contributed by atoms with Crippen molar-refractivity contribution in [1.82, 2.24) is 0 Å². The van der Waals surface area contributed by atoms with Gasteiger partial charge in [-0.1, -0.05) is 28.1 Å². The van der Waals surface area contributed by atoms with Crippen molar-refractivity contribution in [2.24, 2.45) is 0 Å². The molecule has 19 heavy (non-hydrogen) atoms. The van der Waals surface area contributed by atoms with E-state index in [1.165, 1.54) is 19.1 Å². The van der Waals surface area contributed by atoms with E-state index >= 15 is 0 Å². The summed E-state index contributed by atoms with van der Waals surface area (Å²) in [6.45, 7) is 1.68. The van der Waals surface area contributed by atoms with Crippen LogP contribution in [0.4, 0.5) is 4.39 Å². The molecule has 98 valence electrons. The van der Waals surface area contributed by atoms with E-state index in [1.54, 1.807) is 6.07 Å². The number of hydrogen-bond acceptors (Lipinski definition) is 2. The summed E-state index contributed by atoms with van der Waals surface area (Å²) in [5.74, 6) is -0.447. The van der Waals surface area contributed by atoms with Crippen molar-refractivity contribution in [1.29, 1.82) is 0 Å². The van der Waals surface area contributed by atoms with Gasteiger partial charge in [0.05, 0.1) is 5.56 Å². The summed E-state index contributed by atoms with van der Waals surface area (Å²) in [6, 6.07) is 11.9. The van der Waals surface area contributed by atoms with Crippen LogP contribution in [0.1, 0.15) is 22.8 Å². The second-order valence-corrected chi connectivity index (χ2v) is 5.03. The molecule has 0 aliphatic carbocycles. The Hall–Kier alpha value is -1.68. The van der Waals surface area contributed by atoms with E-state index in [2.05, 4.69) is 15.9 Å². The molecule has 0 aromatic heterocycles. The Labute approximate surface area is 119 Å². The molecule has 2 aromatic carbocycles. The molecule has 0 N–H and O–H groups in total. The first-order chi connectivity index (χ1) is 9.06. The highest BCUT2D eigenvalue weighted by molar-refractivity contribution is 9.10. The maximum Gasteiger partial charge on any atom is 0.162 e. The number of ether oxygens (including phenoxy) is 1. The van der Waals surface area contributed by atoms with Crippen LogP contribution in [0.25, 0.3) is 0 Å². The summed E-state index contributed by atoms with van der Waals surface area (Å²) in [4.78, 5) is 11.1. The molecule has 0 aliphatic heterocycles. The fourth-order valence-electron chi connectivity index (χ4n) is 1.66. The summed E-state index contributed by atoms with van der Waals surface area (Å²) >= 11 is 3.37. The van der Waals surface area contributed by atoms with Gasteiger partial charge in [0, 0.05) is 10.5 Å². The molecular formula is C15H12BrFO2. The highest BCUT2D eigenvalue weighted by Gasteiger charge is 2.08. The number of rotatable bonds is 4. The third-order valence-electron chi connectivity index (χ3n) is 2.61. The van der Waals surface area contributed by atoms with Gasteiger partial charge in [-0.25, -0.2) is 4.39 Å². The third-order valence-corrected chi connectivity index (χ3v) is 3.11. The summed E-state index contributed by atoms with van der Waals surface area (Å²) in [6.07, 6.45) is 0. The van der Waals surface area contributed by atoms with Crippen LogP contribution in [0, 0.1) is 5.82 Å². The molecule has 0 atom stereocenters. The van der Waals surface area contributed by atoms with Crippen LogP contribution in [0.15, 0.2) is 46.9 Å². The summed E-state index contributed by atoms with van der Waals surface area (Å²) < 4.78 is 20.0. The first-order valence-corrected chi connectivity index (χ1v) is 6.53. The number of benzene rings is 2. The molecule has 2 aromatic rings. The van der Waals surface area contributed by atoms with Gasteiger partial charge in [0.25, 0.3) is 0 Å². The SMILES string of the molecule is CC(=O)c1ccc(OCc2cccc(Br)c2)cc1F. The molecule has 0 aliphatic rings. The standard InChI is InChI=1S/C15H12BrFO2/c1-10(18)14-6-5-13(8-15(14)17)19-9-11-3-2-4-12(16)7-11/h2-8H,9H2,1H3. The van der Waals surface area contributed by atoms with Crippen LogP contribution in [0.5, 0.6) is 5.75 Å². The smallest absolute Gasteiger partial charge is 0.162 e. The van der Waals surface area contributed by atoms with Crippen LogP contribution in [0.3, 0.4) is 0 Å². The first kappa shape index (κ1) is 13.7. The molecule has 0 amide bonds. The van der Waals surface area contributed by atoms with Crippen LogP contribution in [-0.2, 0) is 6.61 Å². The van der Waals surface area contributed by atoms with Gasteiger partial charge in [0.2, 0.25) is 0 Å². The Balaban J connectivity index is 2.08. The summed E-state index contributed by atoms with van der Waals surface area (Å²) in [7, 11) is 0. The third kappa shape index (κ3) is 3.64. The van der Waals surface area contributed by atoms with Crippen molar-refractivity contribution in [3.05, 3.63) is 63.9 Å². The van der Waals surface area contributed by atoms with Gasteiger partial charge in [-0.15, -0.1) is 0 Å². The van der Waals surface area contributed by atoms with E-state index in [0.29, 0.717) is 12.4 Å². The van der Waals surface area contributed by atoms with Crippen LogP contribution < -0.4 is 4.74 Å². The predicted octanol–water partition coefficient (Wildman–Crippen LogP) is 4.37. The number of halogens is 2. The fourth-order valence-corrected chi connectivity index (χ4v) is 2.11. The van der Waals surface area contributed by atoms with Crippen molar-refractivity contribution in [3.63, 3.8) is 0 Å². The number of carbonyl (C=O) groups is 1. The zero-order chi connectivity index (χ0) is 13.8. The van der Waals surface area contributed by atoms with E-state index < -0.39 is 5.82 Å². The Bertz CT molecular complexity index is 611. The van der Waals surface area contributed by atoms with E-state index in [4.69, 9.17) is 4.74 Å². The molecule has 2 rings (SSSR count). The fraction of sp³-hybridized carbons (Fsp3) is 0.133. The van der Waals surface area contributed by atoms with Gasteiger partial charge < -0.3 is 4.74 Å². The van der Waals surface area contributed by atoms with Gasteiger partial charge in [0.1, 0.15) is 18.2 Å². The van der Waals surface area contributed by atoms with Crippen molar-refractivity contribution < 1.29 is 13.9 Å². The van der Waals surface area contributed by atoms with Gasteiger partial charge in [-0.3, -0.25) is 4.79 Å². The van der Waals surface area contributed by atoms with Crippen molar-refractivity contribution in [2.45, 2.75) is 13.5 Å². The van der Waals surface area contributed by atoms with Crippen molar-refractivity contribution >= 4 is 21.7 Å². The van der Waals surface area contributed by atoms with E-state index in [9.17, 15) is 9.18 Å². The lowest BCUT2D eigenvalue weighted by molar-refractivity contribution is 0.101. The van der Waals surface area contributed by atoms with E-state index in [1.807, 2.05) is 24.3 Å². The minimum atomic E-state index is -0.556. The van der Waals surface area contributed by atoms with Crippen molar-refractivity contribution in [3.8, 4) is 5.75 Å². The summed E-state index contributed by atoms with van der Waals surface area (Å²) in [5.41, 5.74) is 1.06. The number of ketones is 1. The zero-order valence-corrected chi connectivity index (χ0v) is 11.9. The second-order valence-electron chi connectivity index (χ2n) is 4.12. The summed E-state index contributed by atoms with van der Waals surface area (Å²) in [5, 5.41) is 0. The van der Waals surface area contributed by atoms with Crippen molar-refractivity contribution in [2.75, 3.05) is 0 Å². The lowest BCUT2D eigenvalue weighted by Crippen LogP contribution is -1.99.